The number of rotatable bonds is 6. The smallest absolute Gasteiger partial charge is 0.0549 e. The molecule has 0 aromatic rings. The summed E-state index contributed by atoms with van der Waals surface area (Å²) in [7, 11) is 0.173. The fourth-order valence-corrected chi connectivity index (χ4v) is 4.17. The Morgan fingerprint density at radius 2 is 1.36 bits per heavy atom. The number of ether oxygens (including phenoxy) is 1. The highest BCUT2D eigenvalue weighted by Gasteiger charge is 2.06. The highest BCUT2D eigenvalue weighted by molar-refractivity contribution is 6.38. The van der Waals surface area contributed by atoms with Gasteiger partial charge in [-0.05, 0) is 13.8 Å². The zero-order chi connectivity index (χ0) is 8.69. The first-order valence-electron chi connectivity index (χ1n) is 4.86. The molecule has 0 saturated carbocycles. The van der Waals surface area contributed by atoms with Crippen LogP contribution in [0, 0.1) is 0 Å². The Morgan fingerprint density at radius 3 is 1.64 bits per heavy atom. The van der Waals surface area contributed by atoms with Crippen LogP contribution in [0.2, 0.25) is 12.1 Å². The van der Waals surface area contributed by atoms with Gasteiger partial charge in [0.15, 0.2) is 0 Å². The maximum Gasteiger partial charge on any atom is 0.0549 e. The molecule has 0 aromatic carbocycles. The summed E-state index contributed by atoms with van der Waals surface area (Å²) in [4.78, 5) is 0. The van der Waals surface area contributed by atoms with Crippen molar-refractivity contribution in [2.24, 2.45) is 0 Å². The summed E-state index contributed by atoms with van der Waals surface area (Å²) in [6.07, 6.45) is 0. The summed E-state index contributed by atoms with van der Waals surface area (Å²) in [6.45, 7) is 9.04. The second-order valence-corrected chi connectivity index (χ2v) is 8.79. The van der Waals surface area contributed by atoms with Crippen molar-refractivity contribution in [3.8, 4) is 0 Å². The van der Waals surface area contributed by atoms with Crippen LogP contribution in [-0.2, 0) is 4.74 Å². The van der Waals surface area contributed by atoms with Crippen molar-refractivity contribution in [2.45, 2.75) is 51.2 Å². The highest BCUT2D eigenvalue weighted by Crippen LogP contribution is 1.98. The molecular weight excluding hydrogens is 168 g/mol. The van der Waals surface area contributed by atoms with Gasteiger partial charge in [-0.25, -0.2) is 0 Å². The van der Waals surface area contributed by atoms with Crippen LogP contribution in [0.25, 0.3) is 0 Å². The Balaban J connectivity index is 3.32. The average Bonchev–Trinajstić information content (AvgIpc) is 1.87. The summed E-state index contributed by atoms with van der Waals surface area (Å²) >= 11 is 0. The molecule has 0 saturated heterocycles. The van der Waals surface area contributed by atoms with E-state index in [0.717, 1.165) is 0 Å². The van der Waals surface area contributed by atoms with E-state index in [1.807, 2.05) is 0 Å². The lowest BCUT2D eigenvalue weighted by molar-refractivity contribution is 0.0983. The van der Waals surface area contributed by atoms with Crippen LogP contribution in [0.4, 0.5) is 0 Å². The van der Waals surface area contributed by atoms with Gasteiger partial charge >= 0.3 is 0 Å². The molecule has 0 N–H and O–H groups in total. The monoisotopic (exact) mass is 190 g/mol. The van der Waals surface area contributed by atoms with Gasteiger partial charge in [-0.2, -0.15) is 0 Å². The quantitative estimate of drug-likeness (QED) is 0.566. The summed E-state index contributed by atoms with van der Waals surface area (Å²) in [5.74, 6) is 0. The van der Waals surface area contributed by atoms with Crippen LogP contribution in [0.3, 0.4) is 0 Å². The third-order valence-electron chi connectivity index (χ3n) is 1.86. The minimum absolute atomic E-state index is 0.0863. The van der Waals surface area contributed by atoms with Crippen LogP contribution in [0.1, 0.15) is 27.7 Å². The van der Waals surface area contributed by atoms with Crippen molar-refractivity contribution in [3.63, 3.8) is 0 Å². The molecule has 0 spiro atoms. The molecule has 0 fully saturated rings. The maximum absolute atomic E-state index is 5.85. The molecule has 0 radical (unpaired) electrons. The molecule has 2 unspecified atom stereocenters. The van der Waals surface area contributed by atoms with E-state index in [1.165, 1.54) is 12.1 Å². The van der Waals surface area contributed by atoms with Crippen molar-refractivity contribution in [2.75, 3.05) is 0 Å². The van der Waals surface area contributed by atoms with E-state index in [9.17, 15) is 0 Å². The SMILES string of the molecule is CC[SiH2]C(C)OC(C)[SiH2]CC. The van der Waals surface area contributed by atoms with E-state index >= 15 is 0 Å². The van der Waals surface area contributed by atoms with Crippen molar-refractivity contribution in [1.82, 2.24) is 0 Å². The van der Waals surface area contributed by atoms with E-state index in [1.54, 1.807) is 0 Å². The van der Waals surface area contributed by atoms with Gasteiger partial charge in [0.1, 0.15) is 0 Å². The molecular formula is C8H22OSi2. The van der Waals surface area contributed by atoms with Crippen molar-refractivity contribution < 1.29 is 4.74 Å². The van der Waals surface area contributed by atoms with Gasteiger partial charge in [-0.3, -0.25) is 0 Å². The minimum Gasteiger partial charge on any atom is -0.384 e. The fraction of sp³-hybridized carbons (Fsp3) is 1.00. The molecule has 0 aromatic heterocycles. The molecule has 68 valence electrons. The Hall–Kier alpha value is 0.394. The fourth-order valence-electron chi connectivity index (χ4n) is 1.35. The molecule has 0 aliphatic heterocycles. The van der Waals surface area contributed by atoms with Crippen LogP contribution in [-0.4, -0.2) is 30.5 Å². The highest BCUT2D eigenvalue weighted by atomic mass is 28.2. The second kappa shape index (κ2) is 7.07. The first-order valence-corrected chi connectivity index (χ1v) is 8.49. The lowest BCUT2D eigenvalue weighted by Gasteiger charge is -2.17. The first-order chi connectivity index (χ1) is 5.20. The lowest BCUT2D eigenvalue weighted by atomic mass is 10.8. The van der Waals surface area contributed by atoms with Crippen molar-refractivity contribution >= 4 is 19.0 Å². The minimum atomic E-state index is 0.0863. The van der Waals surface area contributed by atoms with Gasteiger partial charge < -0.3 is 4.74 Å². The summed E-state index contributed by atoms with van der Waals surface area (Å²) < 4.78 is 5.85. The Morgan fingerprint density at radius 1 is 1.00 bits per heavy atom. The zero-order valence-electron chi connectivity index (χ0n) is 8.39. The molecule has 0 bridgehead atoms. The molecule has 0 aliphatic rings. The Kier molecular flexibility index (Phi) is 7.32. The van der Waals surface area contributed by atoms with Crippen LogP contribution < -0.4 is 0 Å². The zero-order valence-corrected chi connectivity index (χ0v) is 11.2. The van der Waals surface area contributed by atoms with Gasteiger partial charge in [-0.15, -0.1) is 0 Å². The van der Waals surface area contributed by atoms with Crippen LogP contribution in [0.5, 0.6) is 0 Å². The normalized spacial score (nSPS) is 18.5. The Bertz CT molecular complexity index is 78.2. The Labute approximate surface area is 75.6 Å². The topological polar surface area (TPSA) is 9.23 Å². The lowest BCUT2D eigenvalue weighted by Crippen LogP contribution is -2.25. The molecule has 0 rings (SSSR count). The van der Waals surface area contributed by atoms with E-state index in [-0.39, 0.29) is 19.0 Å². The predicted molar refractivity (Wildman–Crippen MR) is 58.1 cm³/mol. The average molecular weight is 190 g/mol. The van der Waals surface area contributed by atoms with Gasteiger partial charge in [0.2, 0.25) is 0 Å². The third kappa shape index (κ3) is 6.78. The van der Waals surface area contributed by atoms with Crippen molar-refractivity contribution in [1.29, 1.82) is 0 Å². The second-order valence-electron chi connectivity index (χ2n) is 3.33. The standard InChI is InChI=1S/C8H22OSi2/c1-5-10-7(3)9-8(4)11-6-2/h7-8H,5-6,10-11H2,1-4H3. The molecule has 3 heteroatoms. The molecule has 0 amide bonds. The maximum atomic E-state index is 5.85. The van der Waals surface area contributed by atoms with Crippen LogP contribution in [0.15, 0.2) is 0 Å². The van der Waals surface area contributed by atoms with E-state index in [4.69, 9.17) is 4.74 Å². The van der Waals surface area contributed by atoms with E-state index < -0.39 is 0 Å². The van der Waals surface area contributed by atoms with Gasteiger partial charge in [0, 0.05) is 11.5 Å². The van der Waals surface area contributed by atoms with E-state index in [2.05, 4.69) is 27.7 Å². The molecule has 11 heavy (non-hydrogen) atoms. The van der Waals surface area contributed by atoms with E-state index in [0.29, 0.717) is 11.5 Å². The predicted octanol–water partition coefficient (Wildman–Crippen LogP) is 0.909. The summed E-state index contributed by atoms with van der Waals surface area (Å²) in [5, 5.41) is 0. The van der Waals surface area contributed by atoms with Crippen molar-refractivity contribution in [3.05, 3.63) is 0 Å². The van der Waals surface area contributed by atoms with Gasteiger partial charge in [0.05, 0.1) is 19.0 Å². The first kappa shape index (κ1) is 11.4. The molecule has 0 aliphatic carbocycles. The summed E-state index contributed by atoms with van der Waals surface area (Å²) in [6, 6.07) is 2.75. The molecule has 0 heterocycles. The van der Waals surface area contributed by atoms with Crippen LogP contribution >= 0.6 is 0 Å². The summed E-state index contributed by atoms with van der Waals surface area (Å²) in [5.41, 5.74) is 1.24. The number of hydrogen-bond acceptors (Lipinski definition) is 1. The van der Waals surface area contributed by atoms with Gasteiger partial charge in [0.25, 0.3) is 0 Å². The molecule has 1 nitrogen and oxygen atoms in total. The largest absolute Gasteiger partial charge is 0.384 e. The number of hydrogen-bond donors (Lipinski definition) is 0. The third-order valence-corrected chi connectivity index (χ3v) is 5.02. The van der Waals surface area contributed by atoms with Gasteiger partial charge in [-0.1, -0.05) is 25.9 Å². The molecule has 2 atom stereocenters.